The van der Waals surface area contributed by atoms with Gasteiger partial charge in [0, 0.05) is 6.92 Å². The monoisotopic (exact) mass is 207 g/mol. The first-order valence-corrected chi connectivity index (χ1v) is 4.21. The Labute approximate surface area is 86.5 Å². The second-order valence-corrected chi connectivity index (χ2v) is 2.99. The van der Waals surface area contributed by atoms with Gasteiger partial charge in [-0.15, -0.1) is 0 Å². The molecule has 1 aromatic rings. The summed E-state index contributed by atoms with van der Waals surface area (Å²) in [5.41, 5.74) is 0.0523. The van der Waals surface area contributed by atoms with E-state index in [2.05, 4.69) is 0 Å². The van der Waals surface area contributed by atoms with Crippen molar-refractivity contribution in [2.75, 3.05) is 0 Å². The third kappa shape index (κ3) is 1.48. The van der Waals surface area contributed by atoms with Crippen LogP contribution in [0.1, 0.15) is 27.6 Å². The third-order valence-corrected chi connectivity index (χ3v) is 1.93. The van der Waals surface area contributed by atoms with E-state index in [1.165, 1.54) is 25.1 Å². The summed E-state index contributed by atoms with van der Waals surface area (Å²) in [5, 5.41) is 0.248. The van der Waals surface area contributed by atoms with Crippen molar-refractivity contribution < 1.29 is 20.5 Å². The summed E-state index contributed by atoms with van der Waals surface area (Å²) in [7, 11) is 0. The number of carbonyl (C=O) groups is 3. The molecule has 5 nitrogen and oxygen atoms in total. The first-order chi connectivity index (χ1) is 7.52. The van der Waals surface area contributed by atoms with E-state index in [9.17, 15) is 14.4 Å². The normalized spacial score (nSPS) is 15.0. The van der Waals surface area contributed by atoms with E-state index in [0.29, 0.717) is 0 Å². The number of benzene rings is 1. The highest BCUT2D eigenvalue weighted by Gasteiger charge is 2.30. The predicted molar refractivity (Wildman–Crippen MR) is 49.5 cm³/mol. The van der Waals surface area contributed by atoms with Crippen LogP contribution in [0.25, 0.3) is 0 Å². The second kappa shape index (κ2) is 3.20. The molecule has 1 N–H and O–H groups in total. The standard InChI is InChI=1S/C10H7NO4/c1-5(12)15-7-4-2-3-6-8(7)10(14)11-9(6)13/h2-4H,1H3,(H,11,13,14)/i/hT. The van der Waals surface area contributed by atoms with Crippen LogP contribution in [0.3, 0.4) is 0 Å². The van der Waals surface area contributed by atoms with Gasteiger partial charge in [-0.3, -0.25) is 19.7 Å². The number of rotatable bonds is 1. The lowest BCUT2D eigenvalue weighted by Gasteiger charge is -2.03. The summed E-state index contributed by atoms with van der Waals surface area (Å²) in [6, 6.07) is 4.31. The Morgan fingerprint density at radius 3 is 2.80 bits per heavy atom. The highest BCUT2D eigenvalue weighted by molar-refractivity contribution is 6.22. The number of hydrogen-bond donors (Lipinski definition) is 1. The molecule has 0 atom stereocenters. The minimum Gasteiger partial charge on any atom is -0.426 e. The van der Waals surface area contributed by atoms with Crippen molar-refractivity contribution in [1.29, 1.82) is 0 Å². The van der Waals surface area contributed by atoms with Crippen LogP contribution in [0, 0.1) is 0 Å². The van der Waals surface area contributed by atoms with Gasteiger partial charge in [0.05, 0.1) is 11.1 Å². The fourth-order valence-corrected chi connectivity index (χ4v) is 1.38. The molecule has 1 heterocycles. The van der Waals surface area contributed by atoms with Crippen LogP contribution in [0.4, 0.5) is 0 Å². The number of amides is 2. The van der Waals surface area contributed by atoms with Crippen molar-refractivity contribution in [3.8, 4) is 5.75 Å². The third-order valence-electron chi connectivity index (χ3n) is 1.93. The van der Waals surface area contributed by atoms with Crippen LogP contribution in [0.2, 0.25) is 1.41 Å². The number of carbonyl (C=O) groups excluding carboxylic acids is 3. The molecule has 0 radical (unpaired) electrons. The van der Waals surface area contributed by atoms with Crippen molar-refractivity contribution in [2.45, 2.75) is 6.92 Å². The molecule has 0 spiro atoms. The van der Waals surface area contributed by atoms with Gasteiger partial charge in [0.1, 0.15) is 5.75 Å². The van der Waals surface area contributed by atoms with E-state index in [1.807, 2.05) is 0 Å². The number of ether oxygens (including phenoxy) is 1. The lowest BCUT2D eigenvalue weighted by Crippen LogP contribution is -2.20. The molecule has 1 aromatic carbocycles. The van der Waals surface area contributed by atoms with Crippen LogP contribution in [0.5, 0.6) is 5.75 Å². The number of imide groups is 1. The Balaban J connectivity index is 2.58. The molecular formula is C10H7NO4. The van der Waals surface area contributed by atoms with Crippen molar-refractivity contribution in [1.82, 2.24) is 5.31 Å². The van der Waals surface area contributed by atoms with Crippen LogP contribution >= 0.6 is 0 Å². The average Bonchev–Trinajstić information content (AvgIpc) is 2.44. The topological polar surface area (TPSA) is 72.5 Å². The van der Waals surface area contributed by atoms with E-state index in [4.69, 9.17) is 6.15 Å². The second-order valence-electron chi connectivity index (χ2n) is 2.99. The fraction of sp³-hybridized carbons (Fsp3) is 0.100. The molecule has 76 valence electrons. The molecule has 2 rings (SSSR count). The van der Waals surface area contributed by atoms with Gasteiger partial charge < -0.3 is 4.74 Å². The highest BCUT2D eigenvalue weighted by atomic mass is 16.5. The first-order valence-electron chi connectivity index (χ1n) is 4.66. The van der Waals surface area contributed by atoms with Gasteiger partial charge in [-0.2, -0.15) is 0 Å². The van der Waals surface area contributed by atoms with Gasteiger partial charge in [-0.05, 0) is 12.1 Å². The molecular weight excluding hydrogens is 198 g/mol. The lowest BCUT2D eigenvalue weighted by molar-refractivity contribution is -0.131. The van der Waals surface area contributed by atoms with E-state index in [-0.39, 0.29) is 22.2 Å². The average molecular weight is 207 g/mol. The molecule has 2 amide bonds. The molecule has 0 saturated heterocycles. The molecule has 0 bridgehead atoms. The molecule has 0 unspecified atom stereocenters. The Hall–Kier alpha value is -2.17. The number of esters is 1. The van der Waals surface area contributed by atoms with Gasteiger partial charge in [0.15, 0.2) is 1.41 Å². The van der Waals surface area contributed by atoms with E-state index in [0.717, 1.165) is 0 Å². The molecule has 0 saturated carbocycles. The predicted octanol–water partition coefficient (Wildman–Crippen LogP) is 0.495. The molecule has 1 aliphatic rings. The summed E-state index contributed by atoms with van der Waals surface area (Å²) in [5.74, 6) is -2.07. The van der Waals surface area contributed by atoms with Crippen LogP contribution in [-0.2, 0) is 4.79 Å². The summed E-state index contributed by atoms with van der Waals surface area (Å²) in [6.07, 6.45) is 0. The smallest absolute Gasteiger partial charge is 0.308 e. The zero-order chi connectivity index (χ0) is 11.9. The molecule has 0 fully saturated rings. The van der Waals surface area contributed by atoms with E-state index >= 15 is 0 Å². The Morgan fingerprint density at radius 1 is 1.40 bits per heavy atom. The minimum absolute atomic E-state index is 0.0121. The van der Waals surface area contributed by atoms with Crippen LogP contribution in [-0.4, -0.2) is 17.8 Å². The van der Waals surface area contributed by atoms with E-state index in [1.54, 1.807) is 0 Å². The summed E-state index contributed by atoms with van der Waals surface area (Å²) in [4.78, 5) is 33.8. The summed E-state index contributed by atoms with van der Waals surface area (Å²) in [6.45, 7) is 1.19. The van der Waals surface area contributed by atoms with Crippen molar-refractivity contribution in [3.63, 3.8) is 0 Å². The molecule has 0 aliphatic carbocycles. The zero-order valence-corrected chi connectivity index (χ0v) is 7.81. The highest BCUT2D eigenvalue weighted by Crippen LogP contribution is 2.26. The van der Waals surface area contributed by atoms with Gasteiger partial charge in [-0.25, -0.2) is 0 Å². The SMILES string of the molecule is [3H]N1C(=O)c2cccc(OC(C)=O)c2C1=O. The first kappa shape index (κ1) is 8.16. The number of fused-ring (bicyclic) bond motifs is 1. The Bertz CT molecular complexity index is 512. The minimum atomic E-state index is -0.781. The number of nitrogens with one attached hydrogen (secondary N) is 1. The van der Waals surface area contributed by atoms with Gasteiger partial charge in [-0.1, -0.05) is 6.07 Å². The lowest BCUT2D eigenvalue weighted by atomic mass is 10.1. The van der Waals surface area contributed by atoms with Gasteiger partial charge in [0.25, 0.3) is 11.8 Å². The van der Waals surface area contributed by atoms with E-state index < -0.39 is 17.8 Å². The maximum atomic E-state index is 11.5. The molecule has 0 aromatic heterocycles. The molecule has 5 heteroatoms. The van der Waals surface area contributed by atoms with Crippen molar-refractivity contribution >= 4 is 17.8 Å². The van der Waals surface area contributed by atoms with Crippen molar-refractivity contribution in [2.24, 2.45) is 0 Å². The fourth-order valence-electron chi connectivity index (χ4n) is 1.38. The van der Waals surface area contributed by atoms with Gasteiger partial charge in [0.2, 0.25) is 0 Å². The number of hydrogen-bond acceptors (Lipinski definition) is 4. The Kier molecular flexibility index (Phi) is 1.74. The van der Waals surface area contributed by atoms with Crippen LogP contribution < -0.4 is 10.0 Å². The maximum absolute atomic E-state index is 11.5. The zero-order valence-electron chi connectivity index (χ0n) is 8.81. The molecule has 1 aliphatic heterocycles. The summed E-state index contributed by atoms with van der Waals surface area (Å²) < 4.78 is 12.0. The molecule has 15 heavy (non-hydrogen) atoms. The van der Waals surface area contributed by atoms with Crippen LogP contribution in [0.15, 0.2) is 18.2 Å². The van der Waals surface area contributed by atoms with Gasteiger partial charge >= 0.3 is 5.97 Å². The van der Waals surface area contributed by atoms with Crippen molar-refractivity contribution in [3.05, 3.63) is 29.3 Å². The summed E-state index contributed by atoms with van der Waals surface area (Å²) >= 11 is 0. The Morgan fingerprint density at radius 2 is 2.13 bits per heavy atom. The maximum Gasteiger partial charge on any atom is 0.308 e. The quantitative estimate of drug-likeness (QED) is 0.413. The largest absolute Gasteiger partial charge is 0.426 e.